The molecule has 1 fully saturated rings. The Hall–Kier alpha value is -1.41. The van der Waals surface area contributed by atoms with Crippen molar-refractivity contribution in [1.29, 1.82) is 0 Å². The molecule has 1 atom stereocenters. The van der Waals surface area contributed by atoms with Crippen molar-refractivity contribution in [3.63, 3.8) is 0 Å². The average molecular weight is 227 g/mol. The van der Waals surface area contributed by atoms with Crippen LogP contribution in [0.2, 0.25) is 0 Å². The minimum Gasteiger partial charge on any atom is -0.299 e. The number of benzene rings is 1. The van der Waals surface area contributed by atoms with Crippen LogP contribution < -0.4 is 0 Å². The van der Waals surface area contributed by atoms with E-state index in [1.165, 1.54) is 11.1 Å². The summed E-state index contributed by atoms with van der Waals surface area (Å²) in [5.74, 6) is 0.794. The molecule has 0 aromatic heterocycles. The lowest BCUT2D eigenvalue weighted by Gasteiger charge is -2.32. The zero-order valence-corrected chi connectivity index (χ0v) is 10.1. The highest BCUT2D eigenvalue weighted by Crippen LogP contribution is 2.40. The third kappa shape index (κ3) is 1.93. The Morgan fingerprint density at radius 2 is 2.24 bits per heavy atom. The van der Waals surface area contributed by atoms with Gasteiger partial charge in [0.15, 0.2) is 0 Å². The lowest BCUT2D eigenvalue weighted by molar-refractivity contribution is -0.118. The fraction of sp³-hybridized carbons (Fsp3) is 0.400. The summed E-state index contributed by atoms with van der Waals surface area (Å²) in [5.41, 5.74) is 4.36. The zero-order chi connectivity index (χ0) is 11.8. The van der Waals surface area contributed by atoms with Gasteiger partial charge in [-0.05, 0) is 24.5 Å². The van der Waals surface area contributed by atoms with Gasteiger partial charge in [0.1, 0.15) is 5.78 Å². The number of hydrogen-bond acceptors (Lipinski definition) is 2. The molecule has 0 spiro atoms. The summed E-state index contributed by atoms with van der Waals surface area (Å²) < 4.78 is 0. The van der Waals surface area contributed by atoms with Crippen LogP contribution in [0.1, 0.15) is 30.4 Å². The fourth-order valence-electron chi connectivity index (χ4n) is 3.02. The van der Waals surface area contributed by atoms with Crippen LogP contribution >= 0.6 is 0 Å². The van der Waals surface area contributed by atoms with Gasteiger partial charge >= 0.3 is 0 Å². The molecule has 1 aromatic carbocycles. The van der Waals surface area contributed by atoms with Gasteiger partial charge in [0.2, 0.25) is 0 Å². The molecule has 2 aliphatic rings. The van der Waals surface area contributed by atoms with Crippen LogP contribution in [-0.2, 0) is 4.79 Å². The molecule has 1 unspecified atom stereocenters. The van der Waals surface area contributed by atoms with Crippen LogP contribution in [0.3, 0.4) is 0 Å². The highest BCUT2D eigenvalue weighted by Gasteiger charge is 2.30. The number of carbonyl (C=O) groups excluding carboxylic acids is 1. The number of likely N-dealkylation sites (tertiary alicyclic amines) is 1. The molecular weight excluding hydrogens is 210 g/mol. The van der Waals surface area contributed by atoms with Gasteiger partial charge in [0.05, 0.1) is 6.54 Å². The van der Waals surface area contributed by atoms with Crippen LogP contribution in [0.5, 0.6) is 0 Å². The maximum Gasteiger partial charge on any atom is 0.143 e. The Balaban J connectivity index is 1.83. The van der Waals surface area contributed by atoms with Crippen LogP contribution in [0.25, 0.3) is 6.08 Å². The summed E-state index contributed by atoms with van der Waals surface area (Å²) in [4.78, 5) is 13.5. The van der Waals surface area contributed by atoms with E-state index >= 15 is 0 Å². The first kappa shape index (κ1) is 10.7. The van der Waals surface area contributed by atoms with E-state index in [2.05, 4.69) is 35.2 Å². The Morgan fingerprint density at radius 3 is 3.06 bits per heavy atom. The Morgan fingerprint density at radius 1 is 1.41 bits per heavy atom. The van der Waals surface area contributed by atoms with Crippen LogP contribution in [0.15, 0.2) is 29.8 Å². The van der Waals surface area contributed by atoms with Gasteiger partial charge in [0.25, 0.3) is 0 Å². The average Bonchev–Trinajstić information content (AvgIpc) is 2.66. The first-order valence-corrected chi connectivity index (χ1v) is 6.25. The number of hydrogen-bond donors (Lipinski definition) is 0. The molecule has 0 radical (unpaired) electrons. The Bertz CT molecular complexity index is 489. The number of carbonyl (C=O) groups is 1. The van der Waals surface area contributed by atoms with Crippen molar-refractivity contribution >= 4 is 11.9 Å². The second-order valence-corrected chi connectivity index (χ2v) is 5.09. The number of ketones is 1. The van der Waals surface area contributed by atoms with Gasteiger partial charge in [-0.2, -0.15) is 0 Å². The second-order valence-electron chi connectivity index (χ2n) is 5.09. The summed E-state index contributed by atoms with van der Waals surface area (Å²) in [6, 6.07) is 8.62. The lowest BCUT2D eigenvalue weighted by Crippen LogP contribution is -2.37. The maximum absolute atomic E-state index is 11.2. The SMILES string of the molecule is CC(=O)CN1CCC2=Cc3ccccc3C2C1. The second kappa shape index (κ2) is 4.11. The molecule has 0 saturated carbocycles. The molecule has 88 valence electrons. The highest BCUT2D eigenvalue weighted by atomic mass is 16.1. The standard InChI is InChI=1S/C15H17NO/c1-11(17)9-16-7-6-13-8-12-4-2-3-5-14(12)15(13)10-16/h2-5,8,15H,6-7,9-10H2,1H3. The first-order chi connectivity index (χ1) is 8.24. The number of rotatable bonds is 2. The normalized spacial score (nSPS) is 22.9. The van der Waals surface area contributed by atoms with Gasteiger partial charge in [-0.15, -0.1) is 0 Å². The highest BCUT2D eigenvalue weighted by molar-refractivity contribution is 5.77. The van der Waals surface area contributed by atoms with Crippen molar-refractivity contribution in [2.45, 2.75) is 19.3 Å². The summed E-state index contributed by atoms with van der Waals surface area (Å²) in [6.45, 7) is 4.30. The molecule has 1 aromatic rings. The largest absolute Gasteiger partial charge is 0.299 e. The molecule has 2 nitrogen and oxygen atoms in total. The van der Waals surface area contributed by atoms with E-state index in [1.54, 1.807) is 12.5 Å². The van der Waals surface area contributed by atoms with Crippen molar-refractivity contribution in [2.75, 3.05) is 19.6 Å². The Kier molecular flexibility index (Phi) is 2.60. The monoisotopic (exact) mass is 227 g/mol. The molecule has 0 amide bonds. The number of Topliss-reactive ketones (excluding diaryl/α,β-unsaturated/α-hetero) is 1. The van der Waals surface area contributed by atoms with Crippen molar-refractivity contribution in [3.8, 4) is 0 Å². The Labute approximate surface area is 102 Å². The van der Waals surface area contributed by atoms with Gasteiger partial charge in [-0.1, -0.05) is 35.9 Å². The number of nitrogens with zero attached hydrogens (tertiary/aromatic N) is 1. The van der Waals surface area contributed by atoms with E-state index in [0.29, 0.717) is 12.5 Å². The predicted octanol–water partition coefficient (Wildman–Crippen LogP) is 2.46. The summed E-state index contributed by atoms with van der Waals surface area (Å²) in [5, 5.41) is 0. The van der Waals surface area contributed by atoms with Gasteiger partial charge in [0, 0.05) is 19.0 Å². The van der Waals surface area contributed by atoms with Crippen LogP contribution in [0.4, 0.5) is 0 Å². The van der Waals surface area contributed by atoms with E-state index in [0.717, 1.165) is 19.5 Å². The summed E-state index contributed by atoms with van der Waals surface area (Å²) >= 11 is 0. The molecule has 0 bridgehead atoms. The van der Waals surface area contributed by atoms with Crippen molar-refractivity contribution < 1.29 is 4.79 Å². The molecule has 1 heterocycles. The minimum atomic E-state index is 0.267. The van der Waals surface area contributed by atoms with Gasteiger partial charge in [-0.25, -0.2) is 0 Å². The van der Waals surface area contributed by atoms with E-state index in [-0.39, 0.29) is 5.78 Å². The molecule has 1 aliphatic carbocycles. The molecule has 0 N–H and O–H groups in total. The topological polar surface area (TPSA) is 20.3 Å². The molecule has 2 heteroatoms. The molecule has 1 saturated heterocycles. The molecular formula is C15H17NO. The van der Waals surface area contributed by atoms with Crippen LogP contribution in [-0.4, -0.2) is 30.3 Å². The van der Waals surface area contributed by atoms with E-state index in [1.807, 2.05) is 0 Å². The minimum absolute atomic E-state index is 0.267. The quantitative estimate of drug-likeness (QED) is 0.773. The summed E-state index contributed by atoms with van der Waals surface area (Å²) in [7, 11) is 0. The third-order valence-electron chi connectivity index (χ3n) is 3.76. The number of piperidine rings is 1. The van der Waals surface area contributed by atoms with Crippen molar-refractivity contribution in [2.24, 2.45) is 0 Å². The van der Waals surface area contributed by atoms with Gasteiger partial charge in [-0.3, -0.25) is 9.69 Å². The third-order valence-corrected chi connectivity index (χ3v) is 3.76. The lowest BCUT2D eigenvalue weighted by atomic mass is 9.90. The predicted molar refractivity (Wildman–Crippen MR) is 68.9 cm³/mol. The smallest absolute Gasteiger partial charge is 0.143 e. The molecule has 17 heavy (non-hydrogen) atoms. The first-order valence-electron chi connectivity index (χ1n) is 6.25. The van der Waals surface area contributed by atoms with E-state index in [4.69, 9.17) is 0 Å². The fourth-order valence-corrected chi connectivity index (χ4v) is 3.02. The van der Waals surface area contributed by atoms with Crippen LogP contribution in [0, 0.1) is 0 Å². The summed E-state index contributed by atoms with van der Waals surface area (Å²) in [6.07, 6.45) is 3.44. The van der Waals surface area contributed by atoms with Gasteiger partial charge < -0.3 is 0 Å². The van der Waals surface area contributed by atoms with Crippen molar-refractivity contribution in [1.82, 2.24) is 4.90 Å². The number of fused-ring (bicyclic) bond motifs is 3. The van der Waals surface area contributed by atoms with E-state index in [9.17, 15) is 4.79 Å². The maximum atomic E-state index is 11.2. The molecule has 1 aliphatic heterocycles. The van der Waals surface area contributed by atoms with E-state index < -0.39 is 0 Å². The molecule has 3 rings (SSSR count). The van der Waals surface area contributed by atoms with Crippen molar-refractivity contribution in [3.05, 3.63) is 41.0 Å². The zero-order valence-electron chi connectivity index (χ0n) is 10.1.